The maximum absolute atomic E-state index is 8.24. The van der Waals surface area contributed by atoms with Crippen LogP contribution in [0.25, 0.3) is 0 Å². The normalized spacial score (nSPS) is 18.4. The fourth-order valence-electron chi connectivity index (χ4n) is 0.888. The van der Waals surface area contributed by atoms with Crippen molar-refractivity contribution in [3.8, 4) is 6.07 Å². The van der Waals surface area contributed by atoms with Gasteiger partial charge >= 0.3 is 0 Å². The van der Waals surface area contributed by atoms with E-state index in [1.165, 1.54) is 0 Å². The smallest absolute Gasteiger partial charge is 0.0891 e. The Bertz CT molecular complexity index is 159. The molecule has 1 fully saturated rings. The second-order valence-electron chi connectivity index (χ2n) is 2.45. The maximum atomic E-state index is 8.24. The van der Waals surface area contributed by atoms with Crippen molar-refractivity contribution >= 4 is 21.4 Å². The van der Waals surface area contributed by atoms with Crippen LogP contribution in [0.5, 0.6) is 0 Å². The molecule has 0 bridgehead atoms. The molecule has 1 heterocycles. The molecule has 0 aromatic carbocycles. The number of rotatable bonds is 4. The minimum Gasteiger partial charge on any atom is -0.379 e. The molecule has 13 heavy (non-hydrogen) atoms. The molecule has 1 saturated heterocycles. The lowest BCUT2D eigenvalue weighted by Gasteiger charge is -2.25. The van der Waals surface area contributed by atoms with E-state index in [0.29, 0.717) is 22.0 Å². The van der Waals surface area contributed by atoms with Crippen LogP contribution in [-0.4, -0.2) is 37.6 Å². The van der Waals surface area contributed by atoms with Crippen molar-refractivity contribution in [3.63, 3.8) is 0 Å². The van der Waals surface area contributed by atoms with Crippen LogP contribution in [0.15, 0.2) is 0 Å². The van der Waals surface area contributed by atoms with Crippen molar-refractivity contribution in [2.75, 3.05) is 32.9 Å². The molecule has 1 aliphatic heterocycles. The third-order valence-electron chi connectivity index (χ3n) is 1.52. The zero-order valence-corrected chi connectivity index (χ0v) is 9.18. The highest BCUT2D eigenvalue weighted by Crippen LogP contribution is 2.20. The van der Waals surface area contributed by atoms with Crippen molar-refractivity contribution in [2.24, 2.45) is 0 Å². The van der Waals surface area contributed by atoms with Crippen LogP contribution in [0.4, 0.5) is 0 Å². The molecule has 0 aliphatic carbocycles. The van der Waals surface area contributed by atoms with Crippen LogP contribution in [0.2, 0.25) is 0 Å². The average Bonchev–Trinajstić information content (AvgIpc) is 2.14. The van der Waals surface area contributed by atoms with Gasteiger partial charge in [-0.25, -0.2) is 0 Å². The number of hydrogen-bond donors (Lipinski definition) is 0. The molecular formula is C7H14ClN2O2P. The van der Waals surface area contributed by atoms with E-state index in [1.54, 1.807) is 0 Å². The predicted molar refractivity (Wildman–Crippen MR) is 54.1 cm³/mol. The molecule has 0 N–H and O–H groups in total. The van der Waals surface area contributed by atoms with Gasteiger partial charge in [0.1, 0.15) is 0 Å². The second-order valence-corrected chi connectivity index (χ2v) is 3.55. The first-order chi connectivity index (χ1) is 5.93. The van der Waals surface area contributed by atoms with Crippen molar-refractivity contribution in [2.45, 2.75) is 6.42 Å². The number of nitriles is 1. The first-order valence-corrected chi connectivity index (χ1v) is 4.86. The fraction of sp³-hybridized carbons (Fsp3) is 0.857. The van der Waals surface area contributed by atoms with Gasteiger partial charge in [0.15, 0.2) is 0 Å². The first kappa shape index (κ1) is 13.1. The Hall–Kier alpha value is 0.0900. The summed E-state index contributed by atoms with van der Waals surface area (Å²) < 4.78 is 12.7. The van der Waals surface area contributed by atoms with Crippen LogP contribution >= 0.6 is 21.4 Å². The molecule has 1 rings (SSSR count). The zero-order valence-electron chi connectivity index (χ0n) is 7.36. The molecule has 0 saturated carbocycles. The Balaban J connectivity index is 0.00000144. The van der Waals surface area contributed by atoms with Gasteiger partial charge in [-0.1, -0.05) is 0 Å². The Kier molecular flexibility index (Phi) is 8.74. The van der Waals surface area contributed by atoms with Gasteiger partial charge in [-0.05, 0) is 0 Å². The van der Waals surface area contributed by atoms with Crippen molar-refractivity contribution in [1.82, 2.24) is 4.67 Å². The topological polar surface area (TPSA) is 45.5 Å². The molecule has 4 nitrogen and oxygen atoms in total. The number of hydrogen-bond acceptors (Lipinski definition) is 4. The number of morpholine rings is 1. The molecular weight excluding hydrogens is 211 g/mol. The minimum absolute atomic E-state index is 0. The van der Waals surface area contributed by atoms with Gasteiger partial charge in [0.25, 0.3) is 0 Å². The van der Waals surface area contributed by atoms with Crippen molar-refractivity contribution in [3.05, 3.63) is 0 Å². The average molecular weight is 225 g/mol. The van der Waals surface area contributed by atoms with Gasteiger partial charge in [-0.15, -0.1) is 12.4 Å². The molecule has 0 radical (unpaired) electrons. The van der Waals surface area contributed by atoms with E-state index in [-0.39, 0.29) is 12.4 Å². The molecule has 0 aromatic rings. The van der Waals surface area contributed by atoms with Crippen LogP contribution in [0, 0.1) is 11.3 Å². The first-order valence-electron chi connectivity index (χ1n) is 4.00. The van der Waals surface area contributed by atoms with Gasteiger partial charge in [0.2, 0.25) is 0 Å². The quantitative estimate of drug-likeness (QED) is 0.531. The molecule has 0 aromatic heterocycles. The SMILES string of the molecule is Cl.N#CCCOPN1CCOCC1. The highest BCUT2D eigenvalue weighted by Gasteiger charge is 2.09. The second kappa shape index (κ2) is 8.68. The minimum atomic E-state index is 0. The Morgan fingerprint density at radius 1 is 1.46 bits per heavy atom. The third kappa shape index (κ3) is 6.20. The highest BCUT2D eigenvalue weighted by molar-refractivity contribution is 7.29. The van der Waals surface area contributed by atoms with E-state index in [0.717, 1.165) is 26.3 Å². The molecule has 76 valence electrons. The van der Waals surface area contributed by atoms with Gasteiger partial charge in [0.05, 0.1) is 41.3 Å². The summed E-state index contributed by atoms with van der Waals surface area (Å²) in [6.07, 6.45) is 0.483. The molecule has 6 heteroatoms. The summed E-state index contributed by atoms with van der Waals surface area (Å²) in [4.78, 5) is 0. The van der Waals surface area contributed by atoms with Crippen molar-refractivity contribution in [1.29, 1.82) is 5.26 Å². The standard InChI is InChI=1S/C7H13N2O2P.ClH/c8-2-1-5-11-12-9-3-6-10-7-4-9;/h12H,1,3-7H2;1H. The van der Waals surface area contributed by atoms with Crippen LogP contribution in [0.3, 0.4) is 0 Å². The summed E-state index contributed by atoms with van der Waals surface area (Å²) in [5.74, 6) is 0. The Labute approximate surface area is 86.5 Å². The van der Waals surface area contributed by atoms with E-state index >= 15 is 0 Å². The van der Waals surface area contributed by atoms with E-state index in [4.69, 9.17) is 14.5 Å². The van der Waals surface area contributed by atoms with E-state index in [9.17, 15) is 0 Å². The molecule has 1 unspecified atom stereocenters. The summed E-state index contributed by atoms with van der Waals surface area (Å²) in [6.45, 7) is 4.05. The zero-order chi connectivity index (χ0) is 8.65. The van der Waals surface area contributed by atoms with E-state index in [1.807, 2.05) is 6.07 Å². The lowest BCUT2D eigenvalue weighted by atomic mass is 10.5. The molecule has 0 amide bonds. The van der Waals surface area contributed by atoms with Gasteiger partial charge in [0, 0.05) is 13.1 Å². The van der Waals surface area contributed by atoms with Gasteiger partial charge in [-0.3, -0.25) is 4.67 Å². The maximum Gasteiger partial charge on any atom is 0.0891 e. The van der Waals surface area contributed by atoms with Crippen LogP contribution in [-0.2, 0) is 9.26 Å². The summed E-state index contributed by atoms with van der Waals surface area (Å²) in [6, 6.07) is 2.04. The largest absolute Gasteiger partial charge is 0.379 e. The number of halogens is 1. The highest BCUT2D eigenvalue weighted by atomic mass is 35.5. The van der Waals surface area contributed by atoms with E-state index in [2.05, 4.69) is 4.67 Å². The Morgan fingerprint density at radius 2 is 2.15 bits per heavy atom. The van der Waals surface area contributed by atoms with Gasteiger partial charge < -0.3 is 9.26 Å². The molecule has 1 atom stereocenters. The number of ether oxygens (including phenoxy) is 1. The lowest BCUT2D eigenvalue weighted by Crippen LogP contribution is -2.30. The lowest BCUT2D eigenvalue weighted by molar-refractivity contribution is 0.0717. The summed E-state index contributed by atoms with van der Waals surface area (Å²) >= 11 is 0. The monoisotopic (exact) mass is 224 g/mol. The van der Waals surface area contributed by atoms with E-state index < -0.39 is 0 Å². The van der Waals surface area contributed by atoms with Crippen LogP contribution in [0.1, 0.15) is 6.42 Å². The molecule has 1 aliphatic rings. The van der Waals surface area contributed by atoms with Gasteiger partial charge in [-0.2, -0.15) is 5.26 Å². The van der Waals surface area contributed by atoms with Crippen molar-refractivity contribution < 1.29 is 9.26 Å². The Morgan fingerprint density at radius 3 is 2.77 bits per heavy atom. The third-order valence-corrected chi connectivity index (χ3v) is 2.56. The summed E-state index contributed by atoms with van der Waals surface area (Å²) in [7, 11) is 0.393. The fourth-order valence-corrected chi connectivity index (χ4v) is 1.63. The van der Waals surface area contributed by atoms with Crippen LogP contribution < -0.4 is 0 Å². The number of nitrogens with zero attached hydrogens (tertiary/aromatic N) is 2. The molecule has 0 spiro atoms. The summed E-state index contributed by atoms with van der Waals surface area (Å²) in [5.41, 5.74) is 0. The summed E-state index contributed by atoms with van der Waals surface area (Å²) in [5, 5.41) is 8.24. The predicted octanol–water partition coefficient (Wildman–Crippen LogP) is 1.18.